The number of benzene rings is 1. The molecule has 1 N–H and O–H groups in total. The molecule has 0 spiro atoms. The molecule has 0 aliphatic carbocycles. The second kappa shape index (κ2) is 3.48. The number of para-hydroxylation sites is 1. The lowest BCUT2D eigenvalue weighted by molar-refractivity contribution is 0.244. The highest BCUT2D eigenvalue weighted by atomic mass is 35.7. The Labute approximate surface area is 89.7 Å². The molecular formula is C8H6ClNO4S. The van der Waals surface area contributed by atoms with Crippen LogP contribution in [0.4, 0.5) is 0 Å². The summed E-state index contributed by atoms with van der Waals surface area (Å²) in [6.07, 6.45) is 0. The van der Waals surface area contributed by atoms with Crippen LogP contribution >= 0.6 is 10.7 Å². The number of hydrogen-bond acceptors (Lipinski definition) is 5. The second-order valence-electron chi connectivity index (χ2n) is 2.81. The van der Waals surface area contributed by atoms with Crippen molar-refractivity contribution in [2.75, 3.05) is 0 Å². The summed E-state index contributed by atoms with van der Waals surface area (Å²) in [5.41, 5.74) is 0.414. The van der Waals surface area contributed by atoms with E-state index < -0.39 is 15.7 Å². The summed E-state index contributed by atoms with van der Waals surface area (Å²) in [6.45, 7) is -0.392. The lowest BCUT2D eigenvalue weighted by atomic mass is 10.3. The minimum atomic E-state index is -3.86. The van der Waals surface area contributed by atoms with Gasteiger partial charge in [-0.1, -0.05) is 6.07 Å². The Balaban J connectivity index is 2.81. The lowest BCUT2D eigenvalue weighted by Crippen LogP contribution is -1.91. The molecule has 0 radical (unpaired) electrons. The van der Waals surface area contributed by atoms with E-state index in [1.165, 1.54) is 12.1 Å². The zero-order chi connectivity index (χ0) is 11.1. The number of hydrogen-bond donors (Lipinski definition) is 1. The van der Waals surface area contributed by atoms with E-state index in [0.717, 1.165) is 0 Å². The molecule has 15 heavy (non-hydrogen) atoms. The van der Waals surface area contributed by atoms with Gasteiger partial charge in [0.1, 0.15) is 17.0 Å². The molecule has 1 aromatic heterocycles. The van der Waals surface area contributed by atoms with E-state index in [4.69, 9.17) is 20.2 Å². The Morgan fingerprint density at radius 3 is 2.80 bits per heavy atom. The molecule has 1 heterocycles. The van der Waals surface area contributed by atoms with Crippen LogP contribution in [0.2, 0.25) is 0 Å². The van der Waals surface area contributed by atoms with Crippen LogP contribution in [0.1, 0.15) is 5.89 Å². The van der Waals surface area contributed by atoms with E-state index in [1.54, 1.807) is 6.07 Å². The van der Waals surface area contributed by atoms with Crippen LogP contribution in [0.3, 0.4) is 0 Å². The van der Waals surface area contributed by atoms with Gasteiger partial charge in [0.05, 0.1) is 0 Å². The van der Waals surface area contributed by atoms with Crippen molar-refractivity contribution in [1.82, 2.24) is 4.98 Å². The quantitative estimate of drug-likeness (QED) is 0.808. The summed E-state index contributed by atoms with van der Waals surface area (Å²) in [6, 6.07) is 4.37. The van der Waals surface area contributed by atoms with Crippen LogP contribution in [0, 0.1) is 0 Å². The molecule has 0 saturated carbocycles. The third-order valence-corrected chi connectivity index (χ3v) is 3.18. The van der Waals surface area contributed by atoms with Crippen LogP contribution in [0.15, 0.2) is 27.5 Å². The van der Waals surface area contributed by atoms with E-state index in [2.05, 4.69) is 4.98 Å². The van der Waals surface area contributed by atoms with Gasteiger partial charge in [0, 0.05) is 10.7 Å². The molecule has 0 saturated heterocycles. The normalized spacial score (nSPS) is 12.1. The van der Waals surface area contributed by atoms with E-state index in [0.29, 0.717) is 0 Å². The Kier molecular flexibility index (Phi) is 2.41. The number of aliphatic hydroxyl groups excluding tert-OH is 1. The van der Waals surface area contributed by atoms with Crippen molar-refractivity contribution in [3.63, 3.8) is 0 Å². The SMILES string of the molecule is O=S(=O)(Cl)c1cccc2oc(CO)nc12. The molecule has 5 nitrogen and oxygen atoms in total. The monoisotopic (exact) mass is 247 g/mol. The molecule has 0 fully saturated rings. The average molecular weight is 248 g/mol. The summed E-state index contributed by atoms with van der Waals surface area (Å²) in [5, 5.41) is 8.79. The van der Waals surface area contributed by atoms with Crippen LogP contribution in [-0.2, 0) is 15.7 Å². The summed E-state index contributed by atoms with van der Waals surface area (Å²) in [4.78, 5) is 3.70. The molecule has 0 aliphatic rings. The first-order valence-electron chi connectivity index (χ1n) is 3.96. The number of aromatic nitrogens is 1. The average Bonchev–Trinajstić information content (AvgIpc) is 2.57. The number of oxazole rings is 1. The molecule has 0 unspecified atom stereocenters. The summed E-state index contributed by atoms with van der Waals surface area (Å²) >= 11 is 0. The van der Waals surface area contributed by atoms with Crippen molar-refractivity contribution < 1.29 is 17.9 Å². The Morgan fingerprint density at radius 2 is 2.20 bits per heavy atom. The maximum atomic E-state index is 11.2. The maximum absolute atomic E-state index is 11.2. The Morgan fingerprint density at radius 1 is 1.47 bits per heavy atom. The fraction of sp³-hybridized carbons (Fsp3) is 0.125. The van der Waals surface area contributed by atoms with E-state index in [9.17, 15) is 8.42 Å². The van der Waals surface area contributed by atoms with Crippen molar-refractivity contribution in [2.24, 2.45) is 0 Å². The van der Waals surface area contributed by atoms with Crippen LogP contribution in [-0.4, -0.2) is 18.5 Å². The molecule has 0 aliphatic heterocycles. The molecular weight excluding hydrogens is 242 g/mol. The third-order valence-electron chi connectivity index (χ3n) is 1.82. The molecule has 1 aromatic carbocycles. The first kappa shape index (κ1) is 10.4. The van der Waals surface area contributed by atoms with Crippen molar-refractivity contribution in [3.8, 4) is 0 Å². The molecule has 0 bridgehead atoms. The largest absolute Gasteiger partial charge is 0.438 e. The lowest BCUT2D eigenvalue weighted by Gasteiger charge is -1.94. The van der Waals surface area contributed by atoms with Crippen LogP contribution in [0.5, 0.6) is 0 Å². The van der Waals surface area contributed by atoms with Crippen molar-refractivity contribution in [1.29, 1.82) is 0 Å². The first-order valence-corrected chi connectivity index (χ1v) is 6.27. The topological polar surface area (TPSA) is 80.4 Å². The van der Waals surface area contributed by atoms with Crippen LogP contribution < -0.4 is 0 Å². The van der Waals surface area contributed by atoms with Crippen LogP contribution in [0.25, 0.3) is 11.1 Å². The van der Waals surface area contributed by atoms with Gasteiger partial charge in [-0.3, -0.25) is 0 Å². The maximum Gasteiger partial charge on any atom is 0.263 e. The fourth-order valence-corrected chi connectivity index (χ4v) is 2.23. The molecule has 2 rings (SSSR count). The van der Waals surface area contributed by atoms with Gasteiger partial charge in [0.15, 0.2) is 5.58 Å². The summed E-state index contributed by atoms with van der Waals surface area (Å²) < 4.78 is 27.4. The zero-order valence-electron chi connectivity index (χ0n) is 7.34. The van der Waals surface area contributed by atoms with Gasteiger partial charge in [-0.25, -0.2) is 13.4 Å². The summed E-state index contributed by atoms with van der Waals surface area (Å²) in [7, 11) is 1.36. The van der Waals surface area contributed by atoms with Gasteiger partial charge < -0.3 is 9.52 Å². The fourth-order valence-electron chi connectivity index (χ4n) is 1.23. The predicted molar refractivity (Wildman–Crippen MR) is 53.0 cm³/mol. The smallest absolute Gasteiger partial charge is 0.263 e. The predicted octanol–water partition coefficient (Wildman–Crippen LogP) is 1.25. The number of halogens is 1. The molecule has 0 amide bonds. The minimum absolute atomic E-state index is 0.0535. The van der Waals surface area contributed by atoms with Crippen molar-refractivity contribution >= 4 is 30.8 Å². The number of fused-ring (bicyclic) bond motifs is 1. The molecule has 80 valence electrons. The van der Waals surface area contributed by atoms with Gasteiger partial charge in [0.25, 0.3) is 9.05 Å². The number of rotatable bonds is 2. The standard InChI is InChI=1S/C8H6ClNO4S/c9-15(12,13)6-3-1-2-5-8(6)10-7(4-11)14-5/h1-3,11H,4H2. The Bertz CT molecular complexity index is 604. The van der Waals surface area contributed by atoms with Gasteiger partial charge in [0.2, 0.25) is 5.89 Å². The highest BCUT2D eigenvalue weighted by molar-refractivity contribution is 8.14. The molecule has 2 aromatic rings. The van der Waals surface area contributed by atoms with Gasteiger partial charge >= 0.3 is 0 Å². The van der Waals surface area contributed by atoms with Gasteiger partial charge in [-0.05, 0) is 12.1 Å². The van der Waals surface area contributed by atoms with Gasteiger partial charge in [-0.15, -0.1) is 0 Å². The van der Waals surface area contributed by atoms with Crippen molar-refractivity contribution in [2.45, 2.75) is 11.5 Å². The number of nitrogens with zero attached hydrogens (tertiary/aromatic N) is 1. The highest BCUT2D eigenvalue weighted by Gasteiger charge is 2.18. The van der Waals surface area contributed by atoms with Crippen molar-refractivity contribution in [3.05, 3.63) is 24.1 Å². The zero-order valence-corrected chi connectivity index (χ0v) is 8.92. The minimum Gasteiger partial charge on any atom is -0.438 e. The Hall–Kier alpha value is -1.11. The highest BCUT2D eigenvalue weighted by Crippen LogP contribution is 2.25. The first-order chi connectivity index (χ1) is 7.02. The molecule has 0 atom stereocenters. The van der Waals surface area contributed by atoms with E-state index >= 15 is 0 Å². The van der Waals surface area contributed by atoms with E-state index in [-0.39, 0.29) is 21.9 Å². The molecule has 7 heteroatoms. The second-order valence-corrected chi connectivity index (χ2v) is 5.34. The number of aliphatic hydroxyl groups is 1. The van der Waals surface area contributed by atoms with E-state index in [1.807, 2.05) is 0 Å². The van der Waals surface area contributed by atoms with Gasteiger partial charge in [-0.2, -0.15) is 0 Å². The summed E-state index contributed by atoms with van der Waals surface area (Å²) in [5.74, 6) is 0.0535. The third kappa shape index (κ3) is 1.83.